The summed E-state index contributed by atoms with van der Waals surface area (Å²) in [6.45, 7) is -2.86. The molecule has 1 heterocycles. The molecular formula is C13H10F2N2O3. The lowest BCUT2D eigenvalue weighted by molar-refractivity contribution is -0.0498. The molecule has 0 saturated carbocycles. The van der Waals surface area contributed by atoms with E-state index in [1.807, 2.05) is 0 Å². The van der Waals surface area contributed by atoms with Crippen LogP contribution >= 0.6 is 0 Å². The van der Waals surface area contributed by atoms with E-state index in [9.17, 15) is 13.6 Å². The quantitative estimate of drug-likeness (QED) is 0.880. The van der Waals surface area contributed by atoms with Gasteiger partial charge >= 0.3 is 12.6 Å². The Balaban J connectivity index is 2.04. The van der Waals surface area contributed by atoms with Crippen LogP contribution in [0, 0.1) is 0 Å². The Kier molecular flexibility index (Phi) is 4.09. The van der Waals surface area contributed by atoms with E-state index in [0.717, 1.165) is 0 Å². The highest BCUT2D eigenvalue weighted by atomic mass is 19.3. The molecule has 104 valence electrons. The van der Waals surface area contributed by atoms with Crippen molar-refractivity contribution in [2.45, 2.75) is 6.61 Å². The fourth-order valence-corrected chi connectivity index (χ4v) is 1.48. The Morgan fingerprint density at radius 3 is 2.30 bits per heavy atom. The van der Waals surface area contributed by atoms with E-state index in [-0.39, 0.29) is 11.4 Å². The summed E-state index contributed by atoms with van der Waals surface area (Å²) in [7, 11) is 0. The van der Waals surface area contributed by atoms with Crippen molar-refractivity contribution >= 4 is 17.3 Å². The Labute approximate surface area is 112 Å². The third kappa shape index (κ3) is 3.64. The summed E-state index contributed by atoms with van der Waals surface area (Å²) >= 11 is 0. The lowest BCUT2D eigenvalue weighted by Crippen LogP contribution is -2.02. The molecule has 0 aliphatic heterocycles. The average molecular weight is 280 g/mol. The van der Waals surface area contributed by atoms with Gasteiger partial charge in [0.05, 0.1) is 11.9 Å². The fraction of sp³-hybridized carbons (Fsp3) is 0.0769. The zero-order valence-corrected chi connectivity index (χ0v) is 10.1. The van der Waals surface area contributed by atoms with Crippen LogP contribution in [-0.4, -0.2) is 22.7 Å². The SMILES string of the molecule is O=C(O)c1ccc(Nc2ccc(OC(F)F)cc2)cn1. The molecule has 2 N–H and O–H groups in total. The standard InChI is InChI=1S/C13H10F2N2O3/c14-13(15)20-10-4-1-8(2-5-10)17-9-3-6-11(12(18)19)16-7-9/h1-7,13,17H,(H,18,19). The van der Waals surface area contributed by atoms with Gasteiger partial charge in [-0.3, -0.25) is 0 Å². The minimum atomic E-state index is -2.86. The highest BCUT2D eigenvalue weighted by Crippen LogP contribution is 2.20. The second kappa shape index (κ2) is 5.96. The first-order valence-corrected chi connectivity index (χ1v) is 5.56. The van der Waals surface area contributed by atoms with Crippen molar-refractivity contribution in [3.8, 4) is 5.75 Å². The van der Waals surface area contributed by atoms with Gasteiger partial charge in [-0.15, -0.1) is 0 Å². The van der Waals surface area contributed by atoms with E-state index >= 15 is 0 Å². The summed E-state index contributed by atoms with van der Waals surface area (Å²) in [5.41, 5.74) is 1.16. The molecule has 0 atom stereocenters. The molecule has 0 aliphatic rings. The molecular weight excluding hydrogens is 270 g/mol. The van der Waals surface area contributed by atoms with Crippen LogP contribution in [0.1, 0.15) is 10.5 Å². The van der Waals surface area contributed by atoms with Gasteiger partial charge in [0.25, 0.3) is 0 Å². The van der Waals surface area contributed by atoms with E-state index in [2.05, 4.69) is 15.0 Å². The molecule has 0 bridgehead atoms. The van der Waals surface area contributed by atoms with E-state index in [0.29, 0.717) is 11.4 Å². The molecule has 0 amide bonds. The van der Waals surface area contributed by atoms with Crippen LogP contribution < -0.4 is 10.1 Å². The molecule has 20 heavy (non-hydrogen) atoms. The summed E-state index contributed by atoms with van der Waals surface area (Å²) in [6.07, 6.45) is 1.37. The lowest BCUT2D eigenvalue weighted by atomic mass is 10.3. The number of benzene rings is 1. The maximum absolute atomic E-state index is 12.0. The Morgan fingerprint density at radius 2 is 1.80 bits per heavy atom. The molecule has 0 radical (unpaired) electrons. The molecule has 2 rings (SSSR count). The van der Waals surface area contributed by atoms with Gasteiger partial charge in [-0.2, -0.15) is 8.78 Å². The van der Waals surface area contributed by atoms with Gasteiger partial charge in [0, 0.05) is 5.69 Å². The number of carbonyl (C=O) groups is 1. The zero-order valence-electron chi connectivity index (χ0n) is 10.1. The van der Waals surface area contributed by atoms with E-state index in [4.69, 9.17) is 5.11 Å². The Morgan fingerprint density at radius 1 is 1.15 bits per heavy atom. The third-order valence-corrected chi connectivity index (χ3v) is 2.35. The molecule has 0 saturated heterocycles. The molecule has 0 aliphatic carbocycles. The Hall–Kier alpha value is -2.70. The van der Waals surface area contributed by atoms with Crippen LogP contribution in [0.3, 0.4) is 0 Å². The topological polar surface area (TPSA) is 71.5 Å². The second-order valence-corrected chi connectivity index (χ2v) is 3.77. The summed E-state index contributed by atoms with van der Waals surface area (Å²) in [5, 5.41) is 11.7. The van der Waals surface area contributed by atoms with Crippen molar-refractivity contribution in [3.63, 3.8) is 0 Å². The maximum atomic E-state index is 12.0. The summed E-state index contributed by atoms with van der Waals surface area (Å²) < 4.78 is 28.2. The van der Waals surface area contributed by atoms with Crippen LogP contribution in [0.25, 0.3) is 0 Å². The molecule has 2 aromatic rings. The van der Waals surface area contributed by atoms with Gasteiger partial charge in [-0.25, -0.2) is 9.78 Å². The van der Waals surface area contributed by atoms with Crippen LogP contribution in [0.4, 0.5) is 20.2 Å². The molecule has 5 nitrogen and oxygen atoms in total. The van der Waals surface area contributed by atoms with Crippen molar-refractivity contribution in [1.82, 2.24) is 4.98 Å². The summed E-state index contributed by atoms with van der Waals surface area (Å²) in [4.78, 5) is 14.4. The number of anilines is 2. The Bertz CT molecular complexity index is 586. The van der Waals surface area contributed by atoms with E-state index in [1.54, 1.807) is 18.2 Å². The molecule has 0 unspecified atom stereocenters. The first-order chi connectivity index (χ1) is 9.54. The second-order valence-electron chi connectivity index (χ2n) is 3.77. The third-order valence-electron chi connectivity index (χ3n) is 2.35. The van der Waals surface area contributed by atoms with Gasteiger partial charge in [-0.1, -0.05) is 0 Å². The van der Waals surface area contributed by atoms with Crippen molar-refractivity contribution in [3.05, 3.63) is 48.3 Å². The lowest BCUT2D eigenvalue weighted by Gasteiger charge is -2.08. The monoisotopic (exact) mass is 280 g/mol. The number of nitrogens with one attached hydrogen (secondary N) is 1. The average Bonchev–Trinajstić information content (AvgIpc) is 2.41. The number of pyridine rings is 1. The number of rotatable bonds is 5. The molecule has 7 heteroatoms. The number of ether oxygens (including phenoxy) is 1. The van der Waals surface area contributed by atoms with E-state index in [1.165, 1.54) is 24.4 Å². The minimum Gasteiger partial charge on any atom is -0.477 e. The van der Waals surface area contributed by atoms with Crippen molar-refractivity contribution in [1.29, 1.82) is 0 Å². The number of carboxylic acid groups (broad SMARTS) is 1. The minimum absolute atomic E-state index is 0.0590. The number of carboxylic acids is 1. The summed E-state index contributed by atoms with van der Waals surface area (Å²) in [5.74, 6) is -1.05. The van der Waals surface area contributed by atoms with E-state index < -0.39 is 12.6 Å². The normalized spacial score (nSPS) is 10.3. The van der Waals surface area contributed by atoms with Crippen LogP contribution in [0.2, 0.25) is 0 Å². The number of alkyl halides is 2. The van der Waals surface area contributed by atoms with Crippen LogP contribution in [-0.2, 0) is 0 Å². The molecule has 0 fully saturated rings. The predicted molar refractivity (Wildman–Crippen MR) is 67.6 cm³/mol. The molecule has 1 aromatic heterocycles. The number of hydrogen-bond donors (Lipinski definition) is 2. The number of hydrogen-bond acceptors (Lipinski definition) is 4. The smallest absolute Gasteiger partial charge is 0.387 e. The van der Waals surface area contributed by atoms with Crippen LogP contribution in [0.5, 0.6) is 5.75 Å². The van der Waals surface area contributed by atoms with Gasteiger partial charge in [0.1, 0.15) is 11.4 Å². The number of nitrogens with zero attached hydrogens (tertiary/aromatic N) is 1. The number of aromatic carboxylic acids is 1. The van der Waals surface area contributed by atoms with Crippen molar-refractivity contribution in [2.24, 2.45) is 0 Å². The van der Waals surface area contributed by atoms with Gasteiger partial charge in [-0.05, 0) is 36.4 Å². The predicted octanol–water partition coefficient (Wildman–Crippen LogP) is 3.12. The van der Waals surface area contributed by atoms with Crippen molar-refractivity contribution in [2.75, 3.05) is 5.32 Å². The van der Waals surface area contributed by atoms with Gasteiger partial charge in [0.15, 0.2) is 0 Å². The fourth-order valence-electron chi connectivity index (χ4n) is 1.48. The highest BCUT2D eigenvalue weighted by molar-refractivity contribution is 5.85. The van der Waals surface area contributed by atoms with Crippen molar-refractivity contribution < 1.29 is 23.4 Å². The largest absolute Gasteiger partial charge is 0.477 e. The maximum Gasteiger partial charge on any atom is 0.387 e. The molecule has 1 aromatic carbocycles. The molecule has 0 spiro atoms. The highest BCUT2D eigenvalue weighted by Gasteiger charge is 2.05. The summed E-state index contributed by atoms with van der Waals surface area (Å²) in [6, 6.07) is 8.83. The first-order valence-electron chi connectivity index (χ1n) is 5.56. The first kappa shape index (κ1) is 13.7. The zero-order chi connectivity index (χ0) is 14.5. The number of aromatic nitrogens is 1. The van der Waals surface area contributed by atoms with Gasteiger partial charge in [0.2, 0.25) is 0 Å². The number of halogens is 2. The van der Waals surface area contributed by atoms with Crippen LogP contribution in [0.15, 0.2) is 42.6 Å². The van der Waals surface area contributed by atoms with Gasteiger partial charge < -0.3 is 15.2 Å².